The van der Waals surface area contributed by atoms with E-state index in [2.05, 4.69) is 115 Å². The van der Waals surface area contributed by atoms with Gasteiger partial charge in [0.1, 0.15) is 5.75 Å². The third-order valence-electron chi connectivity index (χ3n) is 7.66. The van der Waals surface area contributed by atoms with Crippen LogP contribution in [0.2, 0.25) is 0 Å². The molecule has 42 heavy (non-hydrogen) atoms. The summed E-state index contributed by atoms with van der Waals surface area (Å²) in [6.07, 6.45) is 5.54. The molecule has 200 valence electrons. The first kappa shape index (κ1) is 25.3. The lowest BCUT2D eigenvalue weighted by Crippen LogP contribution is -2.10. The summed E-state index contributed by atoms with van der Waals surface area (Å²) in [5, 5.41) is 7.74. The van der Waals surface area contributed by atoms with Gasteiger partial charge in [0, 0.05) is 23.1 Å². The van der Waals surface area contributed by atoms with Gasteiger partial charge >= 0.3 is 5.97 Å². The van der Waals surface area contributed by atoms with Crippen LogP contribution in [0.3, 0.4) is 0 Å². The lowest BCUT2D eigenvalue weighted by atomic mass is 9.92. The summed E-state index contributed by atoms with van der Waals surface area (Å²) in [7, 11) is 0. The fourth-order valence-electron chi connectivity index (χ4n) is 5.67. The Bertz CT molecular complexity index is 2060. The Morgan fingerprint density at radius 1 is 0.571 bits per heavy atom. The minimum Gasteiger partial charge on any atom is -0.423 e. The minimum absolute atomic E-state index is 0.476. The Balaban J connectivity index is 1.21. The first-order valence-electron chi connectivity index (χ1n) is 13.9. The molecule has 0 saturated carbocycles. The highest BCUT2D eigenvalue weighted by Crippen LogP contribution is 2.37. The number of hydrogen-bond donors (Lipinski definition) is 0. The molecule has 0 unspecified atom stereocenters. The summed E-state index contributed by atoms with van der Waals surface area (Å²) in [5.41, 5.74) is 5.33. The van der Waals surface area contributed by atoms with Crippen molar-refractivity contribution in [3.63, 3.8) is 0 Å². The molecule has 3 heteroatoms. The Morgan fingerprint density at radius 2 is 1.17 bits per heavy atom. The number of benzene rings is 7. The van der Waals surface area contributed by atoms with Gasteiger partial charge in [-0.05, 0) is 92.0 Å². The molecule has 3 nitrogen and oxygen atoms in total. The molecule has 0 aliphatic carbocycles. The topological polar surface area (TPSA) is 29.5 Å². The van der Waals surface area contributed by atoms with E-state index < -0.39 is 5.97 Å². The van der Waals surface area contributed by atoms with E-state index in [1.165, 1.54) is 37.9 Å². The van der Waals surface area contributed by atoms with Crippen molar-refractivity contribution in [1.29, 1.82) is 0 Å². The average Bonchev–Trinajstić information content (AvgIpc) is 3.05. The van der Waals surface area contributed by atoms with Crippen LogP contribution in [0.5, 0.6) is 5.75 Å². The van der Waals surface area contributed by atoms with Gasteiger partial charge in [-0.3, -0.25) is 0 Å². The summed E-state index contributed by atoms with van der Waals surface area (Å²) in [5.74, 6) is -0.00246. The second-order valence-corrected chi connectivity index (χ2v) is 10.2. The lowest BCUT2D eigenvalue weighted by Gasteiger charge is -2.25. The zero-order chi connectivity index (χ0) is 28.5. The molecule has 0 aromatic heterocycles. The van der Waals surface area contributed by atoms with Gasteiger partial charge in [-0.15, -0.1) is 0 Å². The highest BCUT2D eigenvalue weighted by molar-refractivity contribution is 6.24. The van der Waals surface area contributed by atoms with Crippen molar-refractivity contribution >= 4 is 67.5 Å². The fraction of sp³-hybridized carbons (Fsp3) is 0. The first-order valence-corrected chi connectivity index (χ1v) is 13.9. The van der Waals surface area contributed by atoms with Crippen LogP contribution >= 0.6 is 0 Å². The molecule has 0 atom stereocenters. The predicted octanol–water partition coefficient (Wildman–Crippen LogP) is 10.3. The number of carbonyl (C=O) groups is 1. The van der Waals surface area contributed by atoms with Gasteiger partial charge in [0.2, 0.25) is 0 Å². The molecule has 0 bridgehead atoms. The van der Waals surface area contributed by atoms with Gasteiger partial charge in [0.25, 0.3) is 0 Å². The number of carbonyl (C=O) groups excluding carboxylic acids is 1. The Kier molecular flexibility index (Phi) is 6.46. The van der Waals surface area contributed by atoms with Gasteiger partial charge in [0.15, 0.2) is 0 Å². The molecule has 0 N–H and O–H groups in total. The molecule has 0 spiro atoms. The summed E-state index contributed by atoms with van der Waals surface area (Å²) in [6.45, 7) is 3.46. The maximum atomic E-state index is 11.6. The van der Waals surface area contributed by atoms with E-state index in [4.69, 9.17) is 4.74 Å². The summed E-state index contributed by atoms with van der Waals surface area (Å²) in [4.78, 5) is 13.8. The van der Waals surface area contributed by atoms with E-state index in [1.807, 2.05) is 30.3 Å². The van der Waals surface area contributed by atoms with E-state index in [9.17, 15) is 4.79 Å². The molecular weight excluding hydrogens is 514 g/mol. The molecule has 0 radical (unpaired) electrons. The number of esters is 1. The predicted molar refractivity (Wildman–Crippen MR) is 176 cm³/mol. The first-order chi connectivity index (χ1) is 20.7. The summed E-state index contributed by atoms with van der Waals surface area (Å²) >= 11 is 0. The van der Waals surface area contributed by atoms with Crippen LogP contribution in [0.25, 0.3) is 44.5 Å². The van der Waals surface area contributed by atoms with Crippen LogP contribution in [-0.4, -0.2) is 5.97 Å². The second kappa shape index (κ2) is 10.7. The molecule has 0 aliphatic rings. The zero-order valence-electron chi connectivity index (χ0n) is 22.9. The largest absolute Gasteiger partial charge is 0.423 e. The standard InChI is InChI=1S/C39H27NO2/c1-2-37(41)42-35-24-22-34(23-25-35)40(32-9-4-3-5-10-32)33-20-12-27(13-21-33)11-14-28-15-16-31-18-17-29-7-6-8-30-19-26-36(28)39(31)38(29)30/h2-26H,1H2. The quantitative estimate of drug-likeness (QED) is 0.0661. The van der Waals surface area contributed by atoms with Crippen molar-refractivity contribution in [2.45, 2.75) is 0 Å². The van der Waals surface area contributed by atoms with E-state index in [1.54, 1.807) is 12.1 Å². The van der Waals surface area contributed by atoms with Crippen LogP contribution in [0.15, 0.2) is 146 Å². The Hall–Kier alpha value is -5.67. The van der Waals surface area contributed by atoms with E-state index in [-0.39, 0.29) is 0 Å². The van der Waals surface area contributed by atoms with Crippen molar-refractivity contribution < 1.29 is 9.53 Å². The van der Waals surface area contributed by atoms with Crippen LogP contribution in [-0.2, 0) is 4.79 Å². The molecule has 0 fully saturated rings. The number of rotatable bonds is 7. The number of anilines is 3. The van der Waals surface area contributed by atoms with Gasteiger partial charge < -0.3 is 9.64 Å². The fourth-order valence-corrected chi connectivity index (χ4v) is 5.67. The molecule has 7 aromatic rings. The monoisotopic (exact) mass is 541 g/mol. The van der Waals surface area contributed by atoms with E-state index >= 15 is 0 Å². The van der Waals surface area contributed by atoms with Crippen molar-refractivity contribution in [1.82, 2.24) is 0 Å². The molecule has 7 rings (SSSR count). The number of ether oxygens (including phenoxy) is 1. The maximum absolute atomic E-state index is 11.6. The molecule has 0 aliphatic heterocycles. The number of hydrogen-bond acceptors (Lipinski definition) is 3. The molecule has 0 heterocycles. The minimum atomic E-state index is -0.478. The van der Waals surface area contributed by atoms with Crippen LogP contribution in [0, 0.1) is 0 Å². The van der Waals surface area contributed by atoms with Crippen LogP contribution in [0.4, 0.5) is 17.1 Å². The van der Waals surface area contributed by atoms with Gasteiger partial charge in [0.05, 0.1) is 0 Å². The number of para-hydroxylation sites is 1. The smallest absolute Gasteiger partial charge is 0.335 e. The third-order valence-corrected chi connectivity index (χ3v) is 7.66. The van der Waals surface area contributed by atoms with E-state index in [0.29, 0.717) is 5.75 Å². The van der Waals surface area contributed by atoms with Crippen LogP contribution in [0.1, 0.15) is 11.1 Å². The molecule has 0 saturated heterocycles. The van der Waals surface area contributed by atoms with Gasteiger partial charge in [-0.25, -0.2) is 4.79 Å². The summed E-state index contributed by atoms with van der Waals surface area (Å²) < 4.78 is 5.27. The van der Waals surface area contributed by atoms with Crippen molar-refractivity contribution in [3.8, 4) is 5.75 Å². The SMILES string of the molecule is C=CC(=O)Oc1ccc(N(c2ccccc2)c2ccc(C=Cc3ccc4ccc5cccc6ccc3c4c56)cc2)cc1. The normalized spacial score (nSPS) is 11.4. The molecule has 0 amide bonds. The van der Waals surface area contributed by atoms with Gasteiger partial charge in [-0.1, -0.05) is 104 Å². The Labute approximate surface area is 244 Å². The zero-order valence-corrected chi connectivity index (χ0v) is 22.9. The second-order valence-electron chi connectivity index (χ2n) is 10.2. The molecular formula is C39H27NO2. The third kappa shape index (κ3) is 4.67. The Morgan fingerprint density at radius 3 is 1.86 bits per heavy atom. The van der Waals surface area contributed by atoms with E-state index in [0.717, 1.165) is 28.7 Å². The lowest BCUT2D eigenvalue weighted by molar-refractivity contribution is -0.128. The average molecular weight is 542 g/mol. The van der Waals surface area contributed by atoms with Gasteiger partial charge in [-0.2, -0.15) is 0 Å². The number of nitrogens with zero attached hydrogens (tertiary/aromatic N) is 1. The maximum Gasteiger partial charge on any atom is 0.335 e. The highest BCUT2D eigenvalue weighted by Gasteiger charge is 2.13. The van der Waals surface area contributed by atoms with Crippen molar-refractivity contribution in [2.24, 2.45) is 0 Å². The van der Waals surface area contributed by atoms with Crippen molar-refractivity contribution in [3.05, 3.63) is 157 Å². The highest BCUT2D eigenvalue weighted by atomic mass is 16.5. The summed E-state index contributed by atoms with van der Waals surface area (Å²) in [6, 6.07) is 46.0. The van der Waals surface area contributed by atoms with Crippen LogP contribution < -0.4 is 9.64 Å². The molecule has 7 aromatic carbocycles. The van der Waals surface area contributed by atoms with Crippen molar-refractivity contribution in [2.75, 3.05) is 4.90 Å².